The number of urea groups is 1. The molecule has 2 atom stereocenters. The Kier molecular flexibility index (Phi) is 5.19. The number of carbonyl (C=O) groups excluding carboxylic acids is 1. The number of hydrogen-bond acceptors (Lipinski definition) is 4. The fraction of sp³-hybridized carbons (Fsp3) is 0.846. The van der Waals surface area contributed by atoms with Gasteiger partial charge in [-0.25, -0.2) is 4.79 Å². The molecule has 2 fully saturated rings. The van der Waals surface area contributed by atoms with Crippen LogP contribution in [0, 0.1) is 0 Å². The fourth-order valence-corrected chi connectivity index (χ4v) is 2.70. The summed E-state index contributed by atoms with van der Waals surface area (Å²) in [4.78, 5) is 26.4. The summed E-state index contributed by atoms with van der Waals surface area (Å²) in [5.74, 6) is -0.820. The van der Waals surface area contributed by atoms with Crippen LogP contribution in [-0.4, -0.2) is 78.4 Å². The second-order valence-corrected chi connectivity index (χ2v) is 5.51. The third-order valence-corrected chi connectivity index (χ3v) is 3.83. The largest absolute Gasteiger partial charge is 0.480 e. The van der Waals surface area contributed by atoms with E-state index in [2.05, 4.69) is 5.32 Å². The Morgan fingerprint density at radius 2 is 2.00 bits per heavy atom. The SMILES string of the molecule is CC1CC(NC(=O)N2CCN(CC(=O)O)CC2)CCO1. The van der Waals surface area contributed by atoms with Gasteiger partial charge in [-0.15, -0.1) is 0 Å². The van der Waals surface area contributed by atoms with Gasteiger partial charge in [-0.3, -0.25) is 9.69 Å². The quantitative estimate of drug-likeness (QED) is 0.761. The lowest BCUT2D eigenvalue weighted by Crippen LogP contribution is -2.54. The van der Waals surface area contributed by atoms with Gasteiger partial charge in [0.2, 0.25) is 0 Å². The third kappa shape index (κ3) is 4.35. The number of carbonyl (C=O) groups is 2. The third-order valence-electron chi connectivity index (χ3n) is 3.83. The van der Waals surface area contributed by atoms with Crippen LogP contribution in [0.4, 0.5) is 4.79 Å². The summed E-state index contributed by atoms with van der Waals surface area (Å²) in [6, 6.07) is 0.141. The van der Waals surface area contributed by atoms with Crippen LogP contribution in [0.5, 0.6) is 0 Å². The molecule has 0 spiro atoms. The molecule has 2 rings (SSSR count). The van der Waals surface area contributed by atoms with Crippen LogP contribution in [-0.2, 0) is 9.53 Å². The minimum absolute atomic E-state index is 0.0425. The maximum absolute atomic E-state index is 12.1. The van der Waals surface area contributed by atoms with Gasteiger partial charge in [0.1, 0.15) is 0 Å². The summed E-state index contributed by atoms with van der Waals surface area (Å²) in [7, 11) is 0. The maximum atomic E-state index is 12.1. The van der Waals surface area contributed by atoms with E-state index in [0.29, 0.717) is 32.8 Å². The zero-order valence-electron chi connectivity index (χ0n) is 11.9. The average molecular weight is 285 g/mol. The van der Waals surface area contributed by atoms with Crippen molar-refractivity contribution in [1.82, 2.24) is 15.1 Å². The minimum atomic E-state index is -0.820. The monoisotopic (exact) mass is 285 g/mol. The summed E-state index contributed by atoms with van der Waals surface area (Å²) in [5.41, 5.74) is 0. The molecule has 2 aliphatic heterocycles. The zero-order valence-corrected chi connectivity index (χ0v) is 11.9. The molecule has 0 radical (unpaired) electrons. The van der Waals surface area contributed by atoms with E-state index < -0.39 is 5.97 Å². The molecule has 0 aromatic carbocycles. The van der Waals surface area contributed by atoms with Crippen molar-refractivity contribution in [2.45, 2.75) is 31.9 Å². The number of hydrogen-bond donors (Lipinski definition) is 2. The summed E-state index contributed by atoms with van der Waals surface area (Å²) in [5, 5.41) is 11.8. The Bertz CT molecular complexity index is 356. The predicted octanol–water partition coefficient (Wildman–Crippen LogP) is -0.0343. The number of carboxylic acids is 1. The van der Waals surface area contributed by atoms with Crippen LogP contribution in [0.3, 0.4) is 0 Å². The first-order valence-electron chi connectivity index (χ1n) is 7.16. The van der Waals surface area contributed by atoms with Gasteiger partial charge in [0.15, 0.2) is 0 Å². The molecule has 2 aliphatic rings. The molecule has 0 aromatic heterocycles. The van der Waals surface area contributed by atoms with Gasteiger partial charge in [-0.2, -0.15) is 0 Å². The van der Waals surface area contributed by atoms with Crippen molar-refractivity contribution in [3.63, 3.8) is 0 Å². The van der Waals surface area contributed by atoms with Crippen LogP contribution in [0.15, 0.2) is 0 Å². The molecule has 2 N–H and O–H groups in total. The van der Waals surface area contributed by atoms with Gasteiger partial charge >= 0.3 is 12.0 Å². The molecule has 0 aromatic rings. The van der Waals surface area contributed by atoms with Crippen molar-refractivity contribution in [3.05, 3.63) is 0 Å². The highest BCUT2D eigenvalue weighted by Gasteiger charge is 2.26. The number of ether oxygens (including phenoxy) is 1. The number of carboxylic acid groups (broad SMARTS) is 1. The molecule has 114 valence electrons. The molecule has 0 saturated carbocycles. The van der Waals surface area contributed by atoms with Crippen molar-refractivity contribution in [2.75, 3.05) is 39.3 Å². The van der Waals surface area contributed by atoms with Gasteiger partial charge in [-0.1, -0.05) is 0 Å². The number of nitrogens with one attached hydrogen (secondary N) is 1. The lowest BCUT2D eigenvalue weighted by Gasteiger charge is -2.35. The van der Waals surface area contributed by atoms with Crippen LogP contribution in [0.1, 0.15) is 19.8 Å². The van der Waals surface area contributed by atoms with Crippen LogP contribution in [0.25, 0.3) is 0 Å². The number of aliphatic carboxylic acids is 1. The standard InChI is InChI=1S/C13H23N3O4/c1-10-8-11(2-7-20-10)14-13(19)16-5-3-15(4-6-16)9-12(17)18/h10-11H,2-9H2,1H3,(H,14,19)(H,17,18). The molecule has 2 saturated heterocycles. The lowest BCUT2D eigenvalue weighted by atomic mass is 10.0. The first-order chi connectivity index (χ1) is 9.54. The summed E-state index contributed by atoms with van der Waals surface area (Å²) in [6.45, 7) is 5.15. The van der Waals surface area contributed by atoms with Crippen molar-refractivity contribution in [3.8, 4) is 0 Å². The minimum Gasteiger partial charge on any atom is -0.480 e. The fourth-order valence-electron chi connectivity index (χ4n) is 2.70. The topological polar surface area (TPSA) is 82.1 Å². The second-order valence-electron chi connectivity index (χ2n) is 5.51. The number of rotatable bonds is 3. The zero-order chi connectivity index (χ0) is 14.5. The Balaban J connectivity index is 1.73. The molecule has 7 heteroatoms. The Labute approximate surface area is 118 Å². The van der Waals surface area contributed by atoms with Crippen LogP contribution >= 0.6 is 0 Å². The van der Waals surface area contributed by atoms with Crippen LogP contribution in [0.2, 0.25) is 0 Å². The van der Waals surface area contributed by atoms with Crippen molar-refractivity contribution >= 4 is 12.0 Å². The second kappa shape index (κ2) is 6.90. The highest BCUT2D eigenvalue weighted by molar-refractivity contribution is 5.74. The van der Waals surface area contributed by atoms with E-state index in [1.165, 1.54) is 0 Å². The number of amides is 2. The van der Waals surface area contributed by atoms with Gasteiger partial charge in [0.25, 0.3) is 0 Å². The molecular formula is C13H23N3O4. The van der Waals surface area contributed by atoms with E-state index in [1.54, 1.807) is 4.90 Å². The number of piperazine rings is 1. The van der Waals surface area contributed by atoms with Crippen molar-refractivity contribution < 1.29 is 19.4 Å². The van der Waals surface area contributed by atoms with E-state index in [0.717, 1.165) is 12.8 Å². The van der Waals surface area contributed by atoms with Crippen molar-refractivity contribution in [2.24, 2.45) is 0 Å². The molecule has 2 unspecified atom stereocenters. The summed E-state index contributed by atoms with van der Waals surface area (Å²) < 4.78 is 5.46. The highest BCUT2D eigenvalue weighted by atomic mass is 16.5. The smallest absolute Gasteiger partial charge is 0.317 e. The average Bonchev–Trinajstić information content (AvgIpc) is 2.38. The van der Waals surface area contributed by atoms with E-state index >= 15 is 0 Å². The molecular weight excluding hydrogens is 262 g/mol. The molecule has 2 heterocycles. The molecule has 20 heavy (non-hydrogen) atoms. The Morgan fingerprint density at radius 3 is 2.60 bits per heavy atom. The van der Waals surface area contributed by atoms with Gasteiger partial charge in [0.05, 0.1) is 12.6 Å². The molecule has 2 amide bonds. The van der Waals surface area contributed by atoms with E-state index in [-0.39, 0.29) is 24.7 Å². The van der Waals surface area contributed by atoms with E-state index in [1.807, 2.05) is 11.8 Å². The first-order valence-corrected chi connectivity index (χ1v) is 7.16. The summed E-state index contributed by atoms with van der Waals surface area (Å²) >= 11 is 0. The lowest BCUT2D eigenvalue weighted by molar-refractivity contribution is -0.138. The highest BCUT2D eigenvalue weighted by Crippen LogP contribution is 2.13. The summed E-state index contributed by atoms with van der Waals surface area (Å²) in [6.07, 6.45) is 1.90. The predicted molar refractivity (Wildman–Crippen MR) is 72.6 cm³/mol. The van der Waals surface area contributed by atoms with Crippen molar-refractivity contribution in [1.29, 1.82) is 0 Å². The molecule has 0 bridgehead atoms. The Morgan fingerprint density at radius 1 is 1.30 bits per heavy atom. The normalized spacial score (nSPS) is 28.1. The number of nitrogens with zero attached hydrogens (tertiary/aromatic N) is 2. The van der Waals surface area contributed by atoms with Gasteiger partial charge in [-0.05, 0) is 19.8 Å². The van der Waals surface area contributed by atoms with E-state index in [4.69, 9.17) is 9.84 Å². The molecule has 0 aliphatic carbocycles. The first kappa shape index (κ1) is 15.1. The van der Waals surface area contributed by atoms with E-state index in [9.17, 15) is 9.59 Å². The maximum Gasteiger partial charge on any atom is 0.317 e. The Hall–Kier alpha value is -1.34. The van der Waals surface area contributed by atoms with Gasteiger partial charge < -0.3 is 20.1 Å². The molecule has 7 nitrogen and oxygen atoms in total. The van der Waals surface area contributed by atoms with Crippen LogP contribution < -0.4 is 5.32 Å². The van der Waals surface area contributed by atoms with Gasteiger partial charge in [0, 0.05) is 38.8 Å².